The molecule has 1 aromatic carbocycles. The van der Waals surface area contributed by atoms with E-state index in [0.717, 1.165) is 22.8 Å². The van der Waals surface area contributed by atoms with Gasteiger partial charge in [0.15, 0.2) is 0 Å². The summed E-state index contributed by atoms with van der Waals surface area (Å²) in [4.78, 5) is 0. The van der Waals surface area contributed by atoms with Gasteiger partial charge in [-0.25, -0.2) is 0 Å². The van der Waals surface area contributed by atoms with Crippen LogP contribution in [0.25, 0.3) is 0 Å². The van der Waals surface area contributed by atoms with Crippen LogP contribution in [-0.4, -0.2) is 11.4 Å². The Morgan fingerprint density at radius 1 is 1.26 bits per heavy atom. The number of rotatable bonds is 6. The predicted molar refractivity (Wildman–Crippen MR) is 79.3 cm³/mol. The fourth-order valence-corrected chi connectivity index (χ4v) is 2.34. The standard InChI is InChI=1S/C15H19NO2S/c1-11(12-4-3-5-13(17)8-12)16-9-14-6-7-15(18-14)10-19-2/h3-8,11,16-17H,9-10H2,1-2H3. The minimum absolute atomic E-state index is 0.168. The van der Waals surface area contributed by atoms with Crippen LogP contribution in [0.4, 0.5) is 0 Å². The molecule has 2 aromatic rings. The summed E-state index contributed by atoms with van der Waals surface area (Å²) in [5.41, 5.74) is 1.07. The zero-order valence-corrected chi connectivity index (χ0v) is 12.0. The van der Waals surface area contributed by atoms with Crippen LogP contribution in [0, 0.1) is 0 Å². The third-order valence-corrected chi connectivity index (χ3v) is 3.53. The van der Waals surface area contributed by atoms with Crippen molar-refractivity contribution in [3.63, 3.8) is 0 Å². The molecule has 0 amide bonds. The first kappa shape index (κ1) is 14.0. The fraction of sp³-hybridized carbons (Fsp3) is 0.333. The van der Waals surface area contributed by atoms with E-state index in [9.17, 15) is 5.11 Å². The van der Waals surface area contributed by atoms with Gasteiger partial charge in [-0.1, -0.05) is 12.1 Å². The lowest BCUT2D eigenvalue weighted by Crippen LogP contribution is -2.17. The van der Waals surface area contributed by atoms with Crippen LogP contribution in [0.3, 0.4) is 0 Å². The van der Waals surface area contributed by atoms with Crippen LogP contribution in [0.5, 0.6) is 5.75 Å². The number of thioether (sulfide) groups is 1. The van der Waals surface area contributed by atoms with Crippen LogP contribution >= 0.6 is 11.8 Å². The predicted octanol–water partition coefficient (Wildman–Crippen LogP) is 3.70. The molecule has 1 aromatic heterocycles. The van der Waals surface area contributed by atoms with E-state index in [1.165, 1.54) is 0 Å². The van der Waals surface area contributed by atoms with Gasteiger partial charge in [-0.05, 0) is 43.0 Å². The van der Waals surface area contributed by atoms with Crippen molar-refractivity contribution in [1.82, 2.24) is 5.32 Å². The van der Waals surface area contributed by atoms with E-state index < -0.39 is 0 Å². The lowest BCUT2D eigenvalue weighted by atomic mass is 10.1. The van der Waals surface area contributed by atoms with Crippen LogP contribution in [-0.2, 0) is 12.3 Å². The van der Waals surface area contributed by atoms with Gasteiger partial charge in [0.05, 0.1) is 12.3 Å². The van der Waals surface area contributed by atoms with Crippen molar-refractivity contribution in [2.75, 3.05) is 6.26 Å². The van der Waals surface area contributed by atoms with Gasteiger partial charge in [-0.2, -0.15) is 11.8 Å². The zero-order chi connectivity index (χ0) is 13.7. The third-order valence-electron chi connectivity index (χ3n) is 2.96. The molecule has 2 rings (SSSR count). The molecule has 0 spiro atoms. The molecule has 0 aliphatic heterocycles. The number of aromatic hydroxyl groups is 1. The maximum atomic E-state index is 9.46. The monoisotopic (exact) mass is 277 g/mol. The quantitative estimate of drug-likeness (QED) is 0.845. The van der Waals surface area contributed by atoms with Gasteiger partial charge in [0.2, 0.25) is 0 Å². The first-order valence-corrected chi connectivity index (χ1v) is 7.67. The second-order valence-electron chi connectivity index (χ2n) is 4.50. The number of nitrogens with one attached hydrogen (secondary N) is 1. The van der Waals surface area contributed by atoms with E-state index in [1.807, 2.05) is 24.3 Å². The molecule has 19 heavy (non-hydrogen) atoms. The zero-order valence-electron chi connectivity index (χ0n) is 11.2. The Bertz CT molecular complexity index is 524. The highest BCUT2D eigenvalue weighted by atomic mass is 32.2. The van der Waals surface area contributed by atoms with Gasteiger partial charge in [0, 0.05) is 6.04 Å². The van der Waals surface area contributed by atoms with Gasteiger partial charge in [-0.3, -0.25) is 0 Å². The van der Waals surface area contributed by atoms with Crippen LogP contribution in [0.1, 0.15) is 30.0 Å². The SMILES string of the molecule is CSCc1ccc(CNC(C)c2cccc(O)c2)o1. The van der Waals surface area contributed by atoms with Gasteiger partial charge >= 0.3 is 0 Å². The first-order valence-electron chi connectivity index (χ1n) is 6.28. The summed E-state index contributed by atoms with van der Waals surface area (Å²) < 4.78 is 5.70. The lowest BCUT2D eigenvalue weighted by molar-refractivity contribution is 0.440. The fourth-order valence-electron chi connectivity index (χ4n) is 1.90. The van der Waals surface area contributed by atoms with E-state index in [-0.39, 0.29) is 6.04 Å². The van der Waals surface area contributed by atoms with E-state index in [0.29, 0.717) is 12.3 Å². The van der Waals surface area contributed by atoms with Crippen LogP contribution in [0.2, 0.25) is 0 Å². The number of benzene rings is 1. The van der Waals surface area contributed by atoms with Crippen molar-refractivity contribution in [3.05, 3.63) is 53.5 Å². The minimum atomic E-state index is 0.168. The van der Waals surface area contributed by atoms with Crippen LogP contribution in [0.15, 0.2) is 40.8 Å². The summed E-state index contributed by atoms with van der Waals surface area (Å²) in [7, 11) is 0. The lowest BCUT2D eigenvalue weighted by Gasteiger charge is -2.13. The van der Waals surface area contributed by atoms with Crippen molar-refractivity contribution < 1.29 is 9.52 Å². The summed E-state index contributed by atoms with van der Waals surface area (Å²) in [5, 5.41) is 12.8. The van der Waals surface area contributed by atoms with E-state index in [4.69, 9.17) is 4.42 Å². The Morgan fingerprint density at radius 2 is 2.05 bits per heavy atom. The number of hydrogen-bond acceptors (Lipinski definition) is 4. The Labute approximate surface area is 118 Å². The van der Waals surface area contributed by atoms with Crippen molar-refractivity contribution in [2.24, 2.45) is 0 Å². The summed E-state index contributed by atoms with van der Waals surface area (Å²) in [6.45, 7) is 2.76. The van der Waals surface area contributed by atoms with Crippen LogP contribution < -0.4 is 5.32 Å². The van der Waals surface area contributed by atoms with Crippen molar-refractivity contribution >= 4 is 11.8 Å². The highest BCUT2D eigenvalue weighted by molar-refractivity contribution is 7.97. The molecule has 4 heteroatoms. The Hall–Kier alpha value is -1.39. The molecular formula is C15H19NO2S. The van der Waals surface area contributed by atoms with Gasteiger partial charge < -0.3 is 14.8 Å². The molecule has 1 unspecified atom stereocenters. The maximum absolute atomic E-state index is 9.46. The average molecular weight is 277 g/mol. The topological polar surface area (TPSA) is 45.4 Å². The molecule has 0 aliphatic carbocycles. The number of hydrogen-bond donors (Lipinski definition) is 2. The summed E-state index contributed by atoms with van der Waals surface area (Å²) in [5.74, 6) is 3.15. The highest BCUT2D eigenvalue weighted by Gasteiger charge is 2.07. The molecule has 3 nitrogen and oxygen atoms in total. The second kappa shape index (κ2) is 6.68. The smallest absolute Gasteiger partial charge is 0.118 e. The van der Waals surface area contributed by atoms with Crippen molar-refractivity contribution in [2.45, 2.75) is 25.3 Å². The minimum Gasteiger partial charge on any atom is -0.508 e. The first-order chi connectivity index (χ1) is 9.19. The molecule has 102 valence electrons. The third kappa shape index (κ3) is 4.04. The molecule has 0 radical (unpaired) electrons. The molecule has 1 atom stereocenters. The van der Waals surface area contributed by atoms with E-state index in [1.54, 1.807) is 23.9 Å². The Morgan fingerprint density at radius 3 is 2.79 bits per heavy atom. The van der Waals surface area contributed by atoms with Gasteiger partial charge in [0.1, 0.15) is 17.3 Å². The number of phenolic OH excluding ortho intramolecular Hbond substituents is 1. The molecule has 0 bridgehead atoms. The molecular weight excluding hydrogens is 258 g/mol. The summed E-state index contributed by atoms with van der Waals surface area (Å²) >= 11 is 1.75. The molecule has 0 fully saturated rings. The van der Waals surface area contributed by atoms with E-state index >= 15 is 0 Å². The van der Waals surface area contributed by atoms with Crippen molar-refractivity contribution in [3.8, 4) is 5.75 Å². The summed E-state index contributed by atoms with van der Waals surface area (Å²) in [6.07, 6.45) is 2.06. The van der Waals surface area contributed by atoms with Gasteiger partial charge in [-0.15, -0.1) is 0 Å². The maximum Gasteiger partial charge on any atom is 0.118 e. The molecule has 0 aliphatic rings. The second-order valence-corrected chi connectivity index (χ2v) is 5.36. The van der Waals surface area contributed by atoms with Crippen molar-refractivity contribution in [1.29, 1.82) is 0 Å². The largest absolute Gasteiger partial charge is 0.508 e. The molecule has 2 N–H and O–H groups in total. The van der Waals surface area contributed by atoms with Gasteiger partial charge in [0.25, 0.3) is 0 Å². The number of phenols is 1. The number of furan rings is 1. The molecule has 0 saturated carbocycles. The molecule has 0 saturated heterocycles. The summed E-state index contributed by atoms with van der Waals surface area (Å²) in [6, 6.07) is 11.5. The highest BCUT2D eigenvalue weighted by Crippen LogP contribution is 2.19. The molecule has 1 heterocycles. The normalized spacial score (nSPS) is 12.5. The Kier molecular flexibility index (Phi) is 4.93. The van der Waals surface area contributed by atoms with E-state index in [2.05, 4.69) is 18.5 Å². The average Bonchev–Trinajstić information content (AvgIpc) is 2.84. The Balaban J connectivity index is 1.90.